The van der Waals surface area contributed by atoms with Crippen LogP contribution in [-0.4, -0.2) is 303 Å². The zero-order valence-corrected chi connectivity index (χ0v) is 78.1. The number of nitrogens with zero attached hydrogens (tertiary/aromatic N) is 1. The first-order valence-corrected chi connectivity index (χ1v) is 49.0. The fourth-order valence-corrected chi connectivity index (χ4v) is 16.5. The van der Waals surface area contributed by atoms with Crippen molar-refractivity contribution in [1.82, 2.24) is 5.48 Å². The molecule has 39 nitrogen and oxygen atoms in total. The van der Waals surface area contributed by atoms with Crippen LogP contribution in [0.15, 0.2) is 0 Å². The fourth-order valence-electron chi connectivity index (χ4n) is 7.29. The minimum atomic E-state index is -5.94. The van der Waals surface area contributed by atoms with E-state index in [0.717, 1.165) is 153 Å². The van der Waals surface area contributed by atoms with E-state index in [-0.39, 0.29) is 36.2 Å². The van der Waals surface area contributed by atoms with Crippen LogP contribution in [0.1, 0.15) is 116 Å². The predicted octanol–water partition coefficient (Wildman–Crippen LogP) is -7.54. The summed E-state index contributed by atoms with van der Waals surface area (Å²) in [5.41, 5.74) is 1.75. The summed E-state index contributed by atoms with van der Waals surface area (Å²) in [6.45, 7) is 9.36. The summed E-state index contributed by atoms with van der Waals surface area (Å²) in [6.07, 6.45) is 20.1. The van der Waals surface area contributed by atoms with E-state index in [4.69, 9.17) is 156 Å². The molecule has 0 saturated carbocycles. The molecular formula is C51H124IN2NaO37Si10. The van der Waals surface area contributed by atoms with E-state index in [9.17, 15) is 10.0 Å². The second kappa shape index (κ2) is 107. The Morgan fingerprint density at radius 3 is 0.931 bits per heavy atom. The molecule has 0 radical (unpaired) electrons. The van der Waals surface area contributed by atoms with Gasteiger partial charge in [-0.1, -0.05) is 38.5 Å². The minimum absolute atomic E-state index is 0. The average Bonchev–Trinajstić information content (AvgIpc) is 1.06. The van der Waals surface area contributed by atoms with Crippen molar-refractivity contribution < 1.29 is 215 Å². The molecule has 102 heavy (non-hydrogen) atoms. The topological polar surface area (TPSA) is 585 Å². The molecule has 3 atom stereocenters. The van der Waals surface area contributed by atoms with E-state index in [1.165, 1.54) is 39.4 Å². The van der Waals surface area contributed by atoms with Gasteiger partial charge in [0.1, 0.15) is 33.4 Å². The number of carbonyl (C=O) groups excluding carboxylic acids is 1. The average molecular weight is 1790 g/mol. The van der Waals surface area contributed by atoms with Gasteiger partial charge in [-0.2, -0.15) is 0 Å². The first-order valence-electron chi connectivity index (χ1n) is 30.6. The van der Waals surface area contributed by atoms with Crippen molar-refractivity contribution in [2.75, 3.05) is 147 Å². The van der Waals surface area contributed by atoms with E-state index >= 15 is 0 Å². The molecule has 7 N–H and O–H groups in total. The Morgan fingerprint density at radius 1 is 0.500 bits per heavy atom. The van der Waals surface area contributed by atoms with Crippen LogP contribution in [0.2, 0.25) is 43.3 Å². The number of aldehydes is 1. The predicted molar refractivity (Wildman–Crippen MR) is 364 cm³/mol. The number of unbranched alkanes of at least 4 members (excludes halogenated alkanes) is 9. The molecule has 2 saturated heterocycles. The largest absolute Gasteiger partial charge is 1.00 e. The quantitative estimate of drug-likeness (QED) is 0.00344. The van der Waals surface area contributed by atoms with Gasteiger partial charge in [0, 0.05) is 157 Å². The zero-order chi connectivity index (χ0) is 82.0. The van der Waals surface area contributed by atoms with Crippen LogP contribution in [0, 0.1) is 5.21 Å². The molecule has 3 unspecified atom stereocenters. The molecule has 0 aromatic carbocycles. The number of halogens is 1. The summed E-state index contributed by atoms with van der Waals surface area (Å²) >= 11 is -5.94. The smallest absolute Gasteiger partial charge is 0.624 e. The zero-order valence-electron chi connectivity index (χ0n) is 63.9. The van der Waals surface area contributed by atoms with Crippen LogP contribution in [0.4, 0.5) is 0 Å². The van der Waals surface area contributed by atoms with E-state index < -0.39 is 116 Å². The molecule has 2 heterocycles. The number of nitrogens with one attached hydrogen (secondary N) is 1. The second-order valence-electron chi connectivity index (χ2n) is 19.0. The van der Waals surface area contributed by atoms with Gasteiger partial charge < -0.3 is 108 Å². The van der Waals surface area contributed by atoms with E-state index in [0.29, 0.717) is 25.0 Å². The van der Waals surface area contributed by atoms with Gasteiger partial charge in [-0.05, 0) is 83.8 Å². The van der Waals surface area contributed by atoms with Crippen molar-refractivity contribution in [3.63, 3.8) is 0 Å². The summed E-state index contributed by atoms with van der Waals surface area (Å²) < 4.78 is 199. The van der Waals surface area contributed by atoms with Gasteiger partial charge in [0.25, 0.3) is 0 Å². The van der Waals surface area contributed by atoms with Gasteiger partial charge in [-0.25, -0.2) is 10.2 Å². The molecule has 0 spiro atoms. The molecule has 0 amide bonds. The maximum atomic E-state index is 10.6. The first kappa shape index (κ1) is 134. The molecule has 0 aromatic rings. The molecule has 51 heteroatoms. The molecule has 2 aliphatic heterocycles. The Bertz CT molecular complexity index is 1740. The third-order valence-corrected chi connectivity index (χ3v) is 26.2. The maximum Gasteiger partial charge on any atom is 1.00 e. The van der Waals surface area contributed by atoms with Crippen molar-refractivity contribution in [3.05, 3.63) is 5.21 Å². The Kier molecular flexibility index (Phi) is 141. The molecule has 0 aliphatic carbocycles. The van der Waals surface area contributed by atoms with Gasteiger partial charge in [-0.15, -0.1) is 0 Å². The SMILES string of the molecule is CCO[Si](C)(C)CCCCC1CO1.CNO.CO.CO.CO.CO[Si](CCCCC(O)CO)(OC)OC.CO[Si](CCCCC/C=[N+](/C)[O-])(OC)OC.CO[Si](CCCCC1CO1)(OC)OC.CO[Si](CCCCCC=O)(OC)OC.O=[Si]=O.O=[Si]=O.O=[Si]=O.O=[Si]=O.O=[Si]=O.[Na+].[O-][I+3]([O-])([O-])[O-]. The monoisotopic (exact) mass is 1790 g/mol. The molecule has 0 bridgehead atoms. The van der Waals surface area contributed by atoms with Crippen molar-refractivity contribution in [2.45, 2.75) is 178 Å². The van der Waals surface area contributed by atoms with E-state index in [1.54, 1.807) is 97.0 Å². The first-order chi connectivity index (χ1) is 47.9. The Labute approximate surface area is 648 Å². The van der Waals surface area contributed by atoms with Gasteiger partial charge in [0.2, 0.25) is 0 Å². The van der Waals surface area contributed by atoms with Crippen molar-refractivity contribution in [2.24, 2.45) is 0 Å². The maximum absolute atomic E-state index is 10.6. The van der Waals surface area contributed by atoms with Crippen molar-refractivity contribution in [3.8, 4) is 0 Å². The van der Waals surface area contributed by atoms with Crippen LogP contribution >= 0.6 is 0 Å². The van der Waals surface area contributed by atoms with Crippen molar-refractivity contribution >= 4 is 102 Å². The van der Waals surface area contributed by atoms with Crippen LogP contribution in [0.25, 0.3) is 0 Å². The number of carbonyl (C=O) groups is 1. The van der Waals surface area contributed by atoms with Crippen LogP contribution in [0.3, 0.4) is 0 Å². The second-order valence-corrected chi connectivity index (χ2v) is 38.6. The number of ether oxygens (including phenoxy) is 2. The summed E-state index contributed by atoms with van der Waals surface area (Å²) in [5, 5.41) is 56.6. The van der Waals surface area contributed by atoms with Gasteiger partial charge in [0.05, 0.1) is 38.1 Å². The Balaban J connectivity index is -0.0000000719. The van der Waals surface area contributed by atoms with Crippen molar-refractivity contribution in [1.29, 1.82) is 0 Å². The Hall–Kier alpha value is -0.00117. The van der Waals surface area contributed by atoms with Crippen LogP contribution in [0.5, 0.6) is 0 Å². The molecular weight excluding hydrogens is 1660 g/mol. The Morgan fingerprint density at radius 2 is 0.725 bits per heavy atom. The van der Waals surface area contributed by atoms with Crippen LogP contribution in [-0.2, 0) is 116 Å². The normalized spacial score (nSPS) is 12.8. The number of aliphatic hydroxyl groups is 5. The fraction of sp³-hybridized carbons (Fsp3) is 0.961. The van der Waals surface area contributed by atoms with E-state index in [2.05, 4.69) is 20.0 Å². The number of hydroxylamine groups is 2. The van der Waals surface area contributed by atoms with Gasteiger partial charge in [-0.3, -0.25) is 58.4 Å². The van der Waals surface area contributed by atoms with Gasteiger partial charge >= 0.3 is 111 Å². The summed E-state index contributed by atoms with van der Waals surface area (Å²) in [7, 11) is 7.49. The number of hydrogen-bond acceptors (Lipinski definition) is 38. The molecule has 608 valence electrons. The van der Waals surface area contributed by atoms with Gasteiger partial charge in [0.15, 0.2) is 14.5 Å². The third-order valence-electron chi connectivity index (χ3n) is 12.2. The third kappa shape index (κ3) is 121. The standard InChI is InChI=1S/C10H23NO4Si.C10H22O2Si.C9H22O5Si.2C9H20O4Si.CH5NO.3CH4O.IO4.Na.5O2Si/c1-11(12)9-7-5-6-8-10-16(13-2,14-3)15-4;1-4-12-13(2,3)8-6-5-7-10-9-11-10;1-12-15(13-2,14-3)7-5-4-6-9(11)8-10;1-10-14(11-2,12-3)7-5-4-6-9-8-13-9;1-11-14(12-2,13-3)9-7-5-4-6-8-10;1-2-3;3*1-2;2-1(3,4)5;;5*1-3-2/h9H,5-8,10H2,1-4H3;10H,4-9H2,1-3H3;9-11H,4-8H2,1-3H3;9H,4-8H2,1-3H3;8H,4-7,9H2,1-3H3;2-3H,1H3;3*2H,1H3;;;;;;;/q;;;;;;;;;-1;+1;;;;;/b11-9-;;;;;;;;;;;;;;;. The number of aliphatic hydroxyl groups excluding tert-OH is 5. The molecule has 2 aliphatic rings. The summed E-state index contributed by atoms with van der Waals surface area (Å²) in [6, 6.07) is 4.56. The van der Waals surface area contributed by atoms with E-state index in [1.807, 2.05) is 0 Å². The van der Waals surface area contributed by atoms with Crippen LogP contribution < -0.4 is 68.9 Å². The summed E-state index contributed by atoms with van der Waals surface area (Å²) in [5.74, 6) is 0. The molecule has 2 fully saturated rings. The number of hydrogen-bond donors (Lipinski definition) is 7. The number of rotatable bonds is 42. The molecule has 2 rings (SSSR count). The number of epoxide rings is 2. The summed E-state index contributed by atoms with van der Waals surface area (Å²) in [4.78, 5) is 10.1. The minimum Gasteiger partial charge on any atom is -0.624 e. The molecule has 0 aromatic heterocycles.